The van der Waals surface area contributed by atoms with Gasteiger partial charge in [0.25, 0.3) is 0 Å². The van der Waals surface area contributed by atoms with Crippen molar-refractivity contribution in [3.05, 3.63) is 41.8 Å². The lowest BCUT2D eigenvalue weighted by atomic mass is 10.1. The number of unbranched alkanes of at least 4 members (excludes halogenated alkanes) is 1. The van der Waals surface area contributed by atoms with Crippen molar-refractivity contribution in [3.8, 4) is 17.5 Å². The Hall–Kier alpha value is -2.61. The summed E-state index contributed by atoms with van der Waals surface area (Å²) in [6.45, 7) is 2.65. The molecule has 1 fully saturated rings. The van der Waals surface area contributed by atoms with Crippen LogP contribution in [0.3, 0.4) is 0 Å². The quantitative estimate of drug-likeness (QED) is 0.716. The Balaban J connectivity index is 0.00000243. The number of hydrogen-bond acceptors (Lipinski definition) is 4. The third kappa shape index (κ3) is 4.51. The Morgan fingerprint density at radius 1 is 1.35 bits per heavy atom. The molecule has 1 aromatic heterocycles. The van der Waals surface area contributed by atoms with Crippen LogP contribution in [0.5, 0.6) is 0 Å². The number of benzene rings is 1. The van der Waals surface area contributed by atoms with Gasteiger partial charge < -0.3 is 9.32 Å². The van der Waals surface area contributed by atoms with Crippen molar-refractivity contribution in [3.63, 3.8) is 0 Å². The summed E-state index contributed by atoms with van der Waals surface area (Å²) in [6, 6.07) is 11.9. The van der Waals surface area contributed by atoms with Crippen LogP contribution in [0.1, 0.15) is 51.0 Å². The van der Waals surface area contributed by atoms with Gasteiger partial charge in [0, 0.05) is 18.5 Å². The lowest BCUT2D eigenvalue weighted by molar-refractivity contribution is -0.131. The van der Waals surface area contributed by atoms with E-state index in [0.29, 0.717) is 12.3 Å². The lowest BCUT2D eigenvalue weighted by Gasteiger charge is -2.19. The van der Waals surface area contributed by atoms with Gasteiger partial charge in [-0.25, -0.2) is 4.98 Å². The van der Waals surface area contributed by atoms with Crippen LogP contribution in [-0.4, -0.2) is 28.4 Å². The Morgan fingerprint density at radius 2 is 2.12 bits per heavy atom. The normalized spacial score (nSPS) is 16.2. The maximum atomic E-state index is 12.2. The van der Waals surface area contributed by atoms with Gasteiger partial charge in [-0.15, -0.1) is 0 Å². The largest absolute Gasteiger partial charge is 0.441 e. The highest BCUT2D eigenvalue weighted by atomic mass is 16.4. The van der Waals surface area contributed by atoms with E-state index >= 15 is 0 Å². The number of hydrogen-bond donors (Lipinski definition) is 0. The second-order valence-corrected chi connectivity index (χ2v) is 6.47. The molecule has 0 saturated carbocycles. The molecule has 2 aromatic rings. The van der Waals surface area contributed by atoms with Crippen LogP contribution >= 0.6 is 0 Å². The third-order valence-electron chi connectivity index (χ3n) is 4.69. The van der Waals surface area contributed by atoms with Gasteiger partial charge in [-0.2, -0.15) is 5.26 Å². The van der Waals surface area contributed by atoms with Crippen LogP contribution in [0.2, 0.25) is 0 Å². The van der Waals surface area contributed by atoms with Gasteiger partial charge in [0.2, 0.25) is 11.8 Å². The molecule has 1 amide bonds. The molecule has 0 N–H and O–H groups in total. The highest BCUT2D eigenvalue weighted by Crippen LogP contribution is 2.23. The monoisotopic (exact) mass is 353 g/mol. The second-order valence-electron chi connectivity index (χ2n) is 6.47. The van der Waals surface area contributed by atoms with E-state index in [-0.39, 0.29) is 19.4 Å². The third-order valence-corrected chi connectivity index (χ3v) is 4.69. The average molecular weight is 353 g/mol. The zero-order valence-electron chi connectivity index (χ0n) is 14.6. The van der Waals surface area contributed by atoms with Crippen molar-refractivity contribution in [1.29, 1.82) is 5.26 Å². The van der Waals surface area contributed by atoms with E-state index in [0.717, 1.165) is 55.7 Å². The van der Waals surface area contributed by atoms with Gasteiger partial charge >= 0.3 is 0 Å². The van der Waals surface area contributed by atoms with E-state index in [4.69, 9.17) is 9.68 Å². The van der Waals surface area contributed by atoms with Gasteiger partial charge in [0.15, 0.2) is 0 Å². The molecule has 0 spiro atoms. The molecule has 5 nitrogen and oxygen atoms in total. The number of nitrogens with zero attached hydrogens (tertiary/aromatic N) is 3. The highest BCUT2D eigenvalue weighted by molar-refractivity contribution is 5.77. The molecule has 0 radical (unpaired) electrons. The number of aryl methyl sites for hydroxylation is 2. The molecule has 138 valence electrons. The fourth-order valence-electron chi connectivity index (χ4n) is 3.28. The summed E-state index contributed by atoms with van der Waals surface area (Å²) in [6.07, 6.45) is 4.74. The molecule has 0 aliphatic carbocycles. The van der Waals surface area contributed by atoms with Crippen LogP contribution in [0.15, 0.2) is 34.7 Å². The van der Waals surface area contributed by atoms with E-state index in [1.165, 1.54) is 0 Å². The summed E-state index contributed by atoms with van der Waals surface area (Å²) in [5, 5.41) is 9.07. The maximum Gasteiger partial charge on any atom is 0.226 e. The second kappa shape index (κ2) is 9.19. The molecule has 1 saturated heterocycles. The number of carbonyl (C=O) groups excluding carboxylic acids is 1. The predicted molar refractivity (Wildman–Crippen MR) is 101 cm³/mol. The number of carbonyl (C=O) groups is 1. The van der Waals surface area contributed by atoms with Gasteiger partial charge in [0.1, 0.15) is 11.8 Å². The number of rotatable bonds is 6. The fourth-order valence-corrected chi connectivity index (χ4v) is 3.28. The number of likely N-dealkylation sites (tertiary alicyclic amines) is 1. The molecular weight excluding hydrogens is 326 g/mol. The van der Waals surface area contributed by atoms with Crippen LogP contribution < -0.4 is 0 Å². The van der Waals surface area contributed by atoms with Crippen molar-refractivity contribution >= 4 is 5.91 Å². The van der Waals surface area contributed by atoms with E-state index in [1.807, 2.05) is 37.3 Å². The lowest BCUT2D eigenvalue weighted by Crippen LogP contribution is -2.34. The van der Waals surface area contributed by atoms with Gasteiger partial charge in [-0.1, -0.05) is 25.6 Å². The van der Waals surface area contributed by atoms with Crippen molar-refractivity contribution in [1.82, 2.24) is 9.88 Å². The van der Waals surface area contributed by atoms with E-state index in [9.17, 15) is 4.79 Å². The van der Waals surface area contributed by atoms with Crippen molar-refractivity contribution in [2.45, 2.75) is 58.9 Å². The Bertz CT molecular complexity index is 761. The van der Waals surface area contributed by atoms with E-state index < -0.39 is 0 Å². The Kier molecular flexibility index (Phi) is 6.97. The molecular formula is C21H27N3O2. The highest BCUT2D eigenvalue weighted by Gasteiger charge is 2.27. The number of amides is 1. The minimum absolute atomic E-state index is 0. The molecule has 1 aliphatic heterocycles. The summed E-state index contributed by atoms with van der Waals surface area (Å²) in [4.78, 5) is 18.5. The van der Waals surface area contributed by atoms with Crippen LogP contribution in [-0.2, 0) is 11.2 Å². The summed E-state index contributed by atoms with van der Waals surface area (Å²) in [7, 11) is 0. The van der Waals surface area contributed by atoms with Crippen molar-refractivity contribution in [2.75, 3.05) is 6.54 Å². The molecule has 26 heavy (non-hydrogen) atoms. The molecule has 2 heterocycles. The Morgan fingerprint density at radius 3 is 2.85 bits per heavy atom. The topological polar surface area (TPSA) is 70.1 Å². The molecule has 0 bridgehead atoms. The first kappa shape index (κ1) is 19.7. The Labute approximate surface area is 155 Å². The van der Waals surface area contributed by atoms with Crippen LogP contribution in [0, 0.1) is 18.3 Å². The number of oxazole rings is 1. The predicted octanol–water partition coefficient (Wildman–Crippen LogP) is 4.51. The van der Waals surface area contributed by atoms with Crippen LogP contribution in [0.4, 0.5) is 0 Å². The van der Waals surface area contributed by atoms with E-state index in [2.05, 4.69) is 11.1 Å². The molecule has 1 aromatic carbocycles. The maximum absolute atomic E-state index is 12.2. The summed E-state index contributed by atoms with van der Waals surface area (Å²) < 4.78 is 5.77. The van der Waals surface area contributed by atoms with Gasteiger partial charge in [0.05, 0.1) is 11.8 Å². The average Bonchev–Trinajstić information content (AvgIpc) is 3.26. The minimum Gasteiger partial charge on any atom is -0.441 e. The first-order valence-electron chi connectivity index (χ1n) is 8.90. The number of aromatic nitrogens is 1. The van der Waals surface area contributed by atoms with E-state index in [1.54, 1.807) is 4.90 Å². The number of nitriles is 1. The van der Waals surface area contributed by atoms with Gasteiger partial charge in [-0.3, -0.25) is 4.79 Å². The first-order valence-corrected chi connectivity index (χ1v) is 8.90. The molecule has 5 heteroatoms. The van der Waals surface area contributed by atoms with Crippen LogP contribution in [0.25, 0.3) is 11.5 Å². The molecule has 0 unspecified atom stereocenters. The molecule has 3 rings (SSSR count). The molecule has 1 aliphatic rings. The van der Waals surface area contributed by atoms with Crippen molar-refractivity contribution in [2.24, 2.45) is 0 Å². The summed E-state index contributed by atoms with van der Waals surface area (Å²) in [5.41, 5.74) is 1.94. The standard InChI is InChI=1S/C20H23N3O2.CH4/c1-15-18(22-20(25-15)16-8-3-2-4-9-16)11-5-6-12-19(24)23-13-7-10-17(23)14-21;/h2-4,8-9,17H,5-7,10-13H2,1H3;1H4/t17-;/m0./s1. The molecule has 1 atom stereocenters. The van der Waals surface area contributed by atoms with Gasteiger partial charge in [-0.05, 0) is 51.2 Å². The first-order chi connectivity index (χ1) is 12.2. The summed E-state index contributed by atoms with van der Waals surface area (Å²) >= 11 is 0. The minimum atomic E-state index is -0.223. The zero-order valence-corrected chi connectivity index (χ0v) is 14.6. The smallest absolute Gasteiger partial charge is 0.226 e. The summed E-state index contributed by atoms with van der Waals surface area (Å²) in [5.74, 6) is 1.60. The zero-order chi connectivity index (χ0) is 17.6. The van der Waals surface area contributed by atoms with Crippen molar-refractivity contribution < 1.29 is 9.21 Å². The fraction of sp³-hybridized carbons (Fsp3) is 0.476. The SMILES string of the molecule is C.Cc1oc(-c2ccccc2)nc1CCCCC(=O)N1CCC[C@H]1C#N.